The molecule has 2 aliphatic carbocycles. The fourth-order valence-electron chi connectivity index (χ4n) is 6.76. The van der Waals surface area contributed by atoms with Crippen LogP contribution in [0, 0.1) is 0 Å². The van der Waals surface area contributed by atoms with Gasteiger partial charge in [0.1, 0.15) is 0 Å². The summed E-state index contributed by atoms with van der Waals surface area (Å²) >= 11 is 0. The quantitative estimate of drug-likeness (QED) is 0.369. The van der Waals surface area contributed by atoms with Crippen molar-refractivity contribution in [1.82, 2.24) is 29.9 Å². The van der Waals surface area contributed by atoms with Crippen molar-refractivity contribution in [2.45, 2.75) is 64.0 Å². The van der Waals surface area contributed by atoms with Gasteiger partial charge in [-0.25, -0.2) is 0 Å². The lowest BCUT2D eigenvalue weighted by Crippen LogP contribution is -2.54. The van der Waals surface area contributed by atoms with Crippen LogP contribution < -0.4 is 16.0 Å². The molecule has 1 unspecified atom stereocenters. The largest absolute Gasteiger partial charge is 0.368 e. The second-order valence-electron chi connectivity index (χ2n) is 11.4. The van der Waals surface area contributed by atoms with Crippen molar-refractivity contribution >= 4 is 23.3 Å². The van der Waals surface area contributed by atoms with Gasteiger partial charge in [-0.2, -0.15) is 9.67 Å². The summed E-state index contributed by atoms with van der Waals surface area (Å²) in [6, 6.07) is 20.3. The van der Waals surface area contributed by atoms with E-state index >= 15 is 0 Å². The second kappa shape index (κ2) is 10.5. The molecule has 0 bridgehead atoms. The third kappa shape index (κ3) is 4.79. The molecule has 1 aliphatic heterocycles. The first-order chi connectivity index (χ1) is 19.6. The first-order valence-corrected chi connectivity index (χ1v) is 14.7. The van der Waals surface area contributed by atoms with E-state index in [1.165, 1.54) is 36.9 Å². The number of aromatic nitrogens is 5. The molecule has 0 spiro atoms. The van der Waals surface area contributed by atoms with E-state index in [1.807, 2.05) is 6.07 Å². The summed E-state index contributed by atoms with van der Waals surface area (Å²) in [6.45, 7) is 5.70. The zero-order valence-corrected chi connectivity index (χ0v) is 23.1. The van der Waals surface area contributed by atoms with Crippen LogP contribution in [0.2, 0.25) is 0 Å². The number of nitrogens with two attached hydrogens (primary N) is 1. The molecule has 2 aromatic carbocycles. The van der Waals surface area contributed by atoms with Gasteiger partial charge in [0.2, 0.25) is 11.9 Å². The molecular formula is C31H37N9. The Balaban J connectivity index is 1.05. The number of nitrogens with one attached hydrogen (secondary N) is 1. The zero-order valence-electron chi connectivity index (χ0n) is 23.1. The Hall–Kier alpha value is -3.98. The van der Waals surface area contributed by atoms with E-state index in [1.54, 1.807) is 4.68 Å². The molecule has 1 saturated carbocycles. The van der Waals surface area contributed by atoms with Crippen LogP contribution in [0.4, 0.5) is 23.3 Å². The van der Waals surface area contributed by atoms with E-state index in [4.69, 9.17) is 5.73 Å². The summed E-state index contributed by atoms with van der Waals surface area (Å²) in [7, 11) is 0. The predicted molar refractivity (Wildman–Crippen MR) is 159 cm³/mol. The molecule has 1 atom stereocenters. The fourth-order valence-corrected chi connectivity index (χ4v) is 6.76. The maximum absolute atomic E-state index is 6.27. The summed E-state index contributed by atoms with van der Waals surface area (Å²) < 4.78 is 1.56. The Labute approximate surface area is 235 Å². The van der Waals surface area contributed by atoms with Gasteiger partial charge in [-0.1, -0.05) is 37.1 Å². The first-order valence-electron chi connectivity index (χ1n) is 14.7. The van der Waals surface area contributed by atoms with Gasteiger partial charge in [0.05, 0.1) is 5.69 Å². The van der Waals surface area contributed by atoms with Gasteiger partial charge in [0.25, 0.3) is 0 Å². The van der Waals surface area contributed by atoms with Crippen LogP contribution in [0.15, 0.2) is 54.6 Å². The average Bonchev–Trinajstić information content (AvgIpc) is 3.60. The van der Waals surface area contributed by atoms with Crippen LogP contribution in [-0.4, -0.2) is 61.6 Å². The lowest BCUT2D eigenvalue weighted by Gasteiger charge is -2.43. The van der Waals surface area contributed by atoms with Crippen molar-refractivity contribution in [3.05, 3.63) is 65.7 Å². The Morgan fingerprint density at radius 2 is 1.70 bits per heavy atom. The van der Waals surface area contributed by atoms with Gasteiger partial charge in [-0.3, -0.25) is 4.90 Å². The Kier molecular flexibility index (Phi) is 6.59. The molecule has 3 aliphatic rings. The third-order valence-electron chi connectivity index (χ3n) is 8.83. The lowest BCUT2D eigenvalue weighted by molar-refractivity contribution is 0.166. The minimum absolute atomic E-state index is 0.274. The van der Waals surface area contributed by atoms with E-state index in [2.05, 4.69) is 90.9 Å². The maximum Gasteiger partial charge on any atom is 0.248 e. The van der Waals surface area contributed by atoms with Gasteiger partial charge in [-0.15, -0.1) is 15.3 Å². The second-order valence-corrected chi connectivity index (χ2v) is 11.4. The van der Waals surface area contributed by atoms with Gasteiger partial charge in [0.15, 0.2) is 5.82 Å². The highest BCUT2D eigenvalue weighted by atomic mass is 15.4. The third-order valence-corrected chi connectivity index (χ3v) is 8.83. The highest BCUT2D eigenvalue weighted by molar-refractivity contribution is 5.68. The van der Waals surface area contributed by atoms with Crippen LogP contribution in [0.5, 0.6) is 0 Å². The molecule has 3 heterocycles. The number of benzene rings is 2. The van der Waals surface area contributed by atoms with Gasteiger partial charge in [0, 0.05) is 48.7 Å². The number of nitrogens with zero attached hydrogens (tertiary/aromatic N) is 7. The summed E-state index contributed by atoms with van der Waals surface area (Å²) in [5, 5.41) is 17.0. The summed E-state index contributed by atoms with van der Waals surface area (Å²) in [6.07, 6.45) is 8.57. The zero-order chi connectivity index (χ0) is 27.1. The van der Waals surface area contributed by atoms with Crippen LogP contribution in [0.3, 0.4) is 0 Å². The normalized spacial score (nSPS) is 19.7. The maximum atomic E-state index is 6.27. The molecule has 3 N–H and O–H groups in total. The molecule has 2 aromatic heterocycles. The van der Waals surface area contributed by atoms with Crippen LogP contribution >= 0.6 is 0 Å². The van der Waals surface area contributed by atoms with E-state index < -0.39 is 0 Å². The van der Waals surface area contributed by atoms with Gasteiger partial charge >= 0.3 is 0 Å². The van der Waals surface area contributed by atoms with Crippen LogP contribution in [-0.2, 0) is 12.8 Å². The molecule has 9 nitrogen and oxygen atoms in total. The van der Waals surface area contributed by atoms with E-state index in [0.29, 0.717) is 17.8 Å². The number of hydrogen-bond donors (Lipinski definition) is 2. The summed E-state index contributed by atoms with van der Waals surface area (Å²) in [5.41, 5.74) is 13.0. The van der Waals surface area contributed by atoms with Gasteiger partial charge < -0.3 is 16.0 Å². The molecule has 0 amide bonds. The number of fused-ring (bicyclic) bond motifs is 3. The Morgan fingerprint density at radius 1 is 0.900 bits per heavy atom. The van der Waals surface area contributed by atoms with E-state index in [-0.39, 0.29) is 5.95 Å². The monoisotopic (exact) mass is 535 g/mol. The van der Waals surface area contributed by atoms with Gasteiger partial charge in [-0.05, 0) is 80.5 Å². The van der Waals surface area contributed by atoms with Crippen molar-refractivity contribution in [3.63, 3.8) is 0 Å². The molecule has 1 saturated heterocycles. The van der Waals surface area contributed by atoms with Crippen LogP contribution in [0.25, 0.3) is 17.1 Å². The molecule has 40 heavy (non-hydrogen) atoms. The smallest absolute Gasteiger partial charge is 0.248 e. The van der Waals surface area contributed by atoms with Crippen LogP contribution in [0.1, 0.15) is 50.2 Å². The minimum Gasteiger partial charge on any atom is -0.368 e. The molecule has 206 valence electrons. The average molecular weight is 536 g/mol. The van der Waals surface area contributed by atoms with Crippen molar-refractivity contribution in [2.24, 2.45) is 0 Å². The molecule has 0 radical (unpaired) electrons. The number of hydrogen-bond acceptors (Lipinski definition) is 8. The molecular weight excluding hydrogens is 498 g/mol. The predicted octanol–water partition coefficient (Wildman–Crippen LogP) is 4.99. The Morgan fingerprint density at radius 3 is 2.52 bits per heavy atom. The van der Waals surface area contributed by atoms with E-state index in [9.17, 15) is 0 Å². The SMILES string of the molecule is CC1CN(C2CCCC2)CCN1c1ccc(Nc2nc(N)n(-c3cc4c(nn3)-c3ccccc3CCC4)n2)cc1. The number of aryl methyl sites for hydroxylation is 2. The topological polar surface area (TPSA) is 101 Å². The summed E-state index contributed by atoms with van der Waals surface area (Å²) in [4.78, 5) is 9.69. The number of rotatable bonds is 5. The standard InChI is InChI=1S/C31H37N9/c1-21-20-38(25-10-3-4-11-25)17-18-39(21)26-15-13-24(14-16-26)33-31-34-30(32)40(37-31)28-19-23-9-6-8-22-7-2-5-12-27(22)29(23)36-35-28/h2,5,7,12-16,19,21,25H,3-4,6,8-11,17-18,20H2,1H3,(H3,32,33,34,37). The van der Waals surface area contributed by atoms with Crippen molar-refractivity contribution < 1.29 is 0 Å². The molecule has 9 heteroatoms. The molecule has 2 fully saturated rings. The number of anilines is 4. The minimum atomic E-state index is 0.274. The first kappa shape index (κ1) is 25.0. The number of nitrogen functional groups attached to an aromatic ring is 1. The fraction of sp³-hybridized carbons (Fsp3) is 0.419. The highest BCUT2D eigenvalue weighted by Crippen LogP contribution is 2.32. The van der Waals surface area contributed by atoms with Crippen molar-refractivity contribution in [3.8, 4) is 17.1 Å². The summed E-state index contributed by atoms with van der Waals surface area (Å²) in [5.74, 6) is 1.29. The molecule has 7 rings (SSSR count). The van der Waals surface area contributed by atoms with E-state index in [0.717, 1.165) is 67.4 Å². The molecule has 4 aromatic rings. The van der Waals surface area contributed by atoms with Crippen molar-refractivity contribution in [1.29, 1.82) is 0 Å². The lowest BCUT2D eigenvalue weighted by atomic mass is 10.0. The number of piperazine rings is 1. The van der Waals surface area contributed by atoms with Crippen molar-refractivity contribution in [2.75, 3.05) is 35.6 Å². The highest BCUT2D eigenvalue weighted by Gasteiger charge is 2.30. The Bertz CT molecular complexity index is 1490.